The first-order valence-corrected chi connectivity index (χ1v) is 9.47. The lowest BCUT2D eigenvalue weighted by Gasteiger charge is -2.15. The molecule has 0 saturated carbocycles. The van der Waals surface area contributed by atoms with Crippen molar-refractivity contribution in [3.05, 3.63) is 29.5 Å². The van der Waals surface area contributed by atoms with Gasteiger partial charge in [0, 0.05) is 17.7 Å². The Morgan fingerprint density at radius 3 is 2.79 bits per heavy atom. The zero-order valence-electron chi connectivity index (χ0n) is 13.6. The second-order valence-electron chi connectivity index (χ2n) is 6.29. The molecule has 0 bridgehead atoms. The molecule has 8 heteroatoms. The number of aryl methyl sites for hydroxylation is 1. The number of hydrogen-bond donors (Lipinski definition) is 1. The maximum atomic E-state index is 12.8. The Morgan fingerprint density at radius 2 is 2.00 bits per heavy atom. The van der Waals surface area contributed by atoms with E-state index in [1.165, 1.54) is 12.1 Å². The highest BCUT2D eigenvalue weighted by Gasteiger charge is 2.28. The zero-order chi connectivity index (χ0) is 16.9. The number of benzene rings is 1. The molecular formula is C16H19N3O4S. The molecule has 1 N–H and O–H groups in total. The van der Waals surface area contributed by atoms with E-state index < -0.39 is 10.0 Å². The van der Waals surface area contributed by atoms with E-state index in [0.717, 1.165) is 30.5 Å². The predicted molar refractivity (Wildman–Crippen MR) is 88.0 cm³/mol. The van der Waals surface area contributed by atoms with Crippen LogP contribution in [0.2, 0.25) is 0 Å². The molecule has 24 heavy (non-hydrogen) atoms. The number of rotatable bonds is 4. The van der Waals surface area contributed by atoms with Crippen LogP contribution >= 0.6 is 0 Å². The van der Waals surface area contributed by atoms with Gasteiger partial charge in [0.25, 0.3) is 10.0 Å². The molecule has 128 valence electrons. The Bertz CT molecular complexity index is 902. The zero-order valence-corrected chi connectivity index (χ0v) is 14.4. The first-order valence-electron chi connectivity index (χ1n) is 7.98. The summed E-state index contributed by atoms with van der Waals surface area (Å²) in [6, 6.07) is 4.69. The Morgan fingerprint density at radius 1 is 1.21 bits per heavy atom. The lowest BCUT2D eigenvalue weighted by Crippen LogP contribution is -2.18. The molecule has 7 nitrogen and oxygen atoms in total. The SMILES string of the molecule is CC(C)n1nc2c(c1NS(=O)(=O)c1ccc3c(c1)OCO3)CCC2. The Balaban J connectivity index is 1.72. The number of nitrogens with one attached hydrogen (secondary N) is 1. The molecule has 4 rings (SSSR count). The van der Waals surface area contributed by atoms with Crippen LogP contribution in [0.15, 0.2) is 23.1 Å². The number of fused-ring (bicyclic) bond motifs is 2. The molecule has 0 fully saturated rings. The van der Waals surface area contributed by atoms with E-state index in [-0.39, 0.29) is 17.7 Å². The van der Waals surface area contributed by atoms with E-state index in [9.17, 15) is 8.42 Å². The molecule has 1 aliphatic heterocycles. The summed E-state index contributed by atoms with van der Waals surface area (Å²) < 4.78 is 40.6. The van der Waals surface area contributed by atoms with Crippen molar-refractivity contribution in [1.29, 1.82) is 0 Å². The normalized spacial score (nSPS) is 15.8. The summed E-state index contributed by atoms with van der Waals surface area (Å²) in [7, 11) is -3.73. The summed E-state index contributed by atoms with van der Waals surface area (Å²) in [5.41, 5.74) is 2.00. The van der Waals surface area contributed by atoms with E-state index in [1.54, 1.807) is 10.7 Å². The van der Waals surface area contributed by atoms with Crippen molar-refractivity contribution in [3.63, 3.8) is 0 Å². The summed E-state index contributed by atoms with van der Waals surface area (Å²) in [5, 5.41) is 4.57. The first kappa shape index (κ1) is 15.3. The van der Waals surface area contributed by atoms with Gasteiger partial charge in [-0.05, 0) is 45.2 Å². The Labute approximate surface area is 140 Å². The minimum atomic E-state index is -3.73. The molecule has 0 amide bonds. The Hall–Kier alpha value is -2.22. The van der Waals surface area contributed by atoms with Gasteiger partial charge in [-0.3, -0.25) is 4.72 Å². The molecule has 1 aliphatic carbocycles. The molecular weight excluding hydrogens is 330 g/mol. The molecule has 0 spiro atoms. The van der Waals surface area contributed by atoms with Gasteiger partial charge >= 0.3 is 0 Å². The van der Waals surface area contributed by atoms with Crippen molar-refractivity contribution < 1.29 is 17.9 Å². The molecule has 0 saturated heterocycles. The lowest BCUT2D eigenvalue weighted by atomic mass is 10.2. The minimum absolute atomic E-state index is 0.0741. The third-order valence-corrected chi connectivity index (χ3v) is 5.64. The highest BCUT2D eigenvalue weighted by Crippen LogP contribution is 2.36. The summed E-state index contributed by atoms with van der Waals surface area (Å²) in [6.45, 7) is 4.08. The molecule has 2 aromatic rings. The number of nitrogens with zero attached hydrogens (tertiary/aromatic N) is 2. The molecule has 0 atom stereocenters. The van der Waals surface area contributed by atoms with Gasteiger partial charge in [-0.1, -0.05) is 0 Å². The van der Waals surface area contributed by atoms with E-state index in [0.29, 0.717) is 17.3 Å². The smallest absolute Gasteiger partial charge is 0.263 e. The highest BCUT2D eigenvalue weighted by atomic mass is 32.2. The number of ether oxygens (including phenoxy) is 2. The van der Waals surface area contributed by atoms with Crippen LogP contribution in [0.3, 0.4) is 0 Å². The van der Waals surface area contributed by atoms with Crippen LogP contribution in [0, 0.1) is 0 Å². The second kappa shape index (κ2) is 5.41. The van der Waals surface area contributed by atoms with Gasteiger partial charge < -0.3 is 9.47 Å². The van der Waals surface area contributed by atoms with Gasteiger partial charge in [0.1, 0.15) is 5.82 Å². The van der Waals surface area contributed by atoms with Gasteiger partial charge in [0.05, 0.1) is 10.6 Å². The monoisotopic (exact) mass is 349 g/mol. The minimum Gasteiger partial charge on any atom is -0.454 e. The number of sulfonamides is 1. The van der Waals surface area contributed by atoms with Crippen molar-refractivity contribution in [3.8, 4) is 11.5 Å². The second-order valence-corrected chi connectivity index (χ2v) is 7.97. The fourth-order valence-corrected chi connectivity index (χ4v) is 4.22. The topological polar surface area (TPSA) is 82.5 Å². The van der Waals surface area contributed by atoms with Crippen LogP contribution in [0.1, 0.15) is 37.6 Å². The van der Waals surface area contributed by atoms with Gasteiger partial charge in [0.2, 0.25) is 6.79 Å². The predicted octanol–water partition coefficient (Wildman–Crippen LogP) is 2.48. The summed E-state index contributed by atoms with van der Waals surface area (Å²) in [4.78, 5) is 0.148. The third kappa shape index (κ3) is 2.41. The molecule has 2 aliphatic rings. The van der Waals surface area contributed by atoms with Crippen LogP contribution in [-0.2, 0) is 22.9 Å². The van der Waals surface area contributed by atoms with Gasteiger partial charge in [-0.2, -0.15) is 5.10 Å². The molecule has 1 aromatic carbocycles. The first-order chi connectivity index (χ1) is 11.5. The quantitative estimate of drug-likeness (QED) is 0.917. The van der Waals surface area contributed by atoms with Crippen LogP contribution in [0.5, 0.6) is 11.5 Å². The lowest BCUT2D eigenvalue weighted by molar-refractivity contribution is 0.174. The van der Waals surface area contributed by atoms with Crippen molar-refractivity contribution >= 4 is 15.8 Å². The van der Waals surface area contributed by atoms with Crippen LogP contribution in [0.4, 0.5) is 5.82 Å². The van der Waals surface area contributed by atoms with Crippen LogP contribution in [0.25, 0.3) is 0 Å². The van der Waals surface area contributed by atoms with Crippen molar-refractivity contribution in [2.45, 2.75) is 44.0 Å². The van der Waals surface area contributed by atoms with Gasteiger partial charge in [-0.15, -0.1) is 0 Å². The summed E-state index contributed by atoms with van der Waals surface area (Å²) in [5.74, 6) is 1.58. The van der Waals surface area contributed by atoms with E-state index in [4.69, 9.17) is 9.47 Å². The maximum absolute atomic E-state index is 12.8. The van der Waals surface area contributed by atoms with E-state index in [1.807, 2.05) is 13.8 Å². The summed E-state index contributed by atoms with van der Waals surface area (Å²) >= 11 is 0. The fourth-order valence-electron chi connectivity index (χ4n) is 3.12. The molecule has 0 unspecified atom stereocenters. The van der Waals surface area contributed by atoms with E-state index >= 15 is 0 Å². The van der Waals surface area contributed by atoms with E-state index in [2.05, 4.69) is 9.82 Å². The van der Waals surface area contributed by atoms with Crippen LogP contribution in [-0.4, -0.2) is 25.0 Å². The van der Waals surface area contributed by atoms with Crippen LogP contribution < -0.4 is 14.2 Å². The third-order valence-electron chi connectivity index (χ3n) is 4.31. The fraction of sp³-hybridized carbons (Fsp3) is 0.438. The van der Waals surface area contributed by atoms with Crippen molar-refractivity contribution in [2.75, 3.05) is 11.5 Å². The van der Waals surface area contributed by atoms with Gasteiger partial charge in [0.15, 0.2) is 11.5 Å². The molecule has 0 radical (unpaired) electrons. The number of hydrogen-bond acceptors (Lipinski definition) is 5. The average molecular weight is 349 g/mol. The molecule has 1 aromatic heterocycles. The largest absolute Gasteiger partial charge is 0.454 e. The number of anilines is 1. The standard InChI is InChI=1S/C16H19N3O4S/c1-10(2)19-16(12-4-3-5-13(12)17-19)18-24(20,21)11-6-7-14-15(8-11)23-9-22-14/h6-8,10,18H,3-5,9H2,1-2H3. The van der Waals surface area contributed by atoms with Gasteiger partial charge in [-0.25, -0.2) is 13.1 Å². The van der Waals surface area contributed by atoms with Crippen molar-refractivity contribution in [1.82, 2.24) is 9.78 Å². The number of aromatic nitrogens is 2. The molecule has 2 heterocycles. The summed E-state index contributed by atoms with van der Waals surface area (Å²) in [6.07, 6.45) is 2.75. The highest BCUT2D eigenvalue weighted by molar-refractivity contribution is 7.92. The Kier molecular flexibility index (Phi) is 3.45. The van der Waals surface area contributed by atoms with Crippen molar-refractivity contribution in [2.24, 2.45) is 0 Å². The maximum Gasteiger partial charge on any atom is 0.263 e. The average Bonchev–Trinajstić information content (AvgIpc) is 3.22.